The standard InChI is InChI=1S/C32H20N2/c1-2-12-22-21(11-1)23-13-3-4-15-25(23)31-26-16-6-8-18-28(26)34-30-20-10-9-19-29(30)33(32(31)34)27-17-7-5-14-24(22)27/h1-20H. The zero-order valence-electron chi connectivity index (χ0n) is 18.4. The lowest BCUT2D eigenvalue weighted by Gasteiger charge is -2.03. The Hall–Kier alpha value is -4.56. The maximum Gasteiger partial charge on any atom is 0.131 e. The molecule has 0 N–H and O–H groups in total. The van der Waals surface area contributed by atoms with Crippen LogP contribution in [0.4, 0.5) is 0 Å². The third-order valence-corrected chi connectivity index (χ3v) is 7.27. The summed E-state index contributed by atoms with van der Waals surface area (Å²) in [6.45, 7) is 0. The van der Waals surface area contributed by atoms with Crippen molar-refractivity contribution in [3.05, 3.63) is 121 Å². The van der Waals surface area contributed by atoms with Crippen LogP contribution < -0.4 is 0 Å². The van der Waals surface area contributed by atoms with E-state index in [0.717, 1.165) is 0 Å². The van der Waals surface area contributed by atoms with E-state index >= 15 is 0 Å². The number of rotatable bonds is 0. The molecule has 0 saturated carbocycles. The average molecular weight is 433 g/mol. The number of nitrogens with zero attached hydrogens (tertiary/aromatic N) is 2. The molecule has 0 unspecified atom stereocenters. The van der Waals surface area contributed by atoms with Gasteiger partial charge in [-0.3, -0.25) is 8.80 Å². The van der Waals surface area contributed by atoms with Gasteiger partial charge in [0.25, 0.3) is 0 Å². The first kappa shape index (κ1) is 17.9. The molecule has 0 saturated heterocycles. The van der Waals surface area contributed by atoms with Crippen LogP contribution in [0.1, 0.15) is 0 Å². The fraction of sp³-hybridized carbons (Fsp3) is 0. The van der Waals surface area contributed by atoms with Gasteiger partial charge in [-0.05, 0) is 45.8 Å². The molecule has 0 spiro atoms. The van der Waals surface area contributed by atoms with Crippen LogP contribution in [0.2, 0.25) is 0 Å². The summed E-state index contributed by atoms with van der Waals surface area (Å²) in [7, 11) is 0. The molecule has 0 atom stereocenters. The Morgan fingerprint density at radius 1 is 0.294 bits per heavy atom. The molecular formula is C32H20N2. The predicted molar refractivity (Wildman–Crippen MR) is 145 cm³/mol. The van der Waals surface area contributed by atoms with Gasteiger partial charge in [0.15, 0.2) is 0 Å². The van der Waals surface area contributed by atoms with Gasteiger partial charge in [-0.25, -0.2) is 0 Å². The molecule has 2 nitrogen and oxygen atoms in total. The minimum atomic E-state index is 1.21. The minimum absolute atomic E-state index is 1.21. The third kappa shape index (κ3) is 2.15. The van der Waals surface area contributed by atoms with E-state index in [9.17, 15) is 0 Å². The highest BCUT2D eigenvalue weighted by molar-refractivity contribution is 6.26. The summed E-state index contributed by atoms with van der Waals surface area (Å²) in [4.78, 5) is 0. The second-order valence-corrected chi connectivity index (χ2v) is 8.98. The van der Waals surface area contributed by atoms with Crippen molar-refractivity contribution >= 4 is 65.4 Å². The number of hydrogen-bond acceptors (Lipinski definition) is 0. The zero-order chi connectivity index (χ0) is 22.2. The quantitative estimate of drug-likeness (QED) is 0.227. The van der Waals surface area contributed by atoms with Crippen molar-refractivity contribution in [2.75, 3.05) is 0 Å². The van der Waals surface area contributed by atoms with E-state index in [2.05, 4.69) is 130 Å². The lowest BCUT2D eigenvalue weighted by atomic mass is 10.0. The summed E-state index contributed by atoms with van der Waals surface area (Å²) in [5.74, 6) is 0. The maximum atomic E-state index is 2.47. The Balaban J connectivity index is 1.95. The van der Waals surface area contributed by atoms with Gasteiger partial charge in [0.05, 0.1) is 22.1 Å². The van der Waals surface area contributed by atoms with Gasteiger partial charge in [0.1, 0.15) is 5.65 Å². The number of aromatic nitrogens is 2. The van der Waals surface area contributed by atoms with Crippen molar-refractivity contribution in [3.8, 4) is 0 Å². The highest BCUT2D eigenvalue weighted by Crippen LogP contribution is 2.39. The highest BCUT2D eigenvalue weighted by Gasteiger charge is 2.19. The summed E-state index contributed by atoms with van der Waals surface area (Å²) in [6.07, 6.45) is 0. The summed E-state index contributed by atoms with van der Waals surface area (Å²) < 4.78 is 4.92. The molecule has 8 rings (SSSR count). The Morgan fingerprint density at radius 2 is 0.647 bits per heavy atom. The molecule has 2 heteroatoms. The van der Waals surface area contributed by atoms with Gasteiger partial charge >= 0.3 is 0 Å². The topological polar surface area (TPSA) is 8.82 Å². The highest BCUT2D eigenvalue weighted by atomic mass is 15.1. The Morgan fingerprint density at radius 3 is 1.24 bits per heavy atom. The van der Waals surface area contributed by atoms with Gasteiger partial charge in [-0.15, -0.1) is 0 Å². The van der Waals surface area contributed by atoms with Crippen LogP contribution in [0, 0.1) is 0 Å². The average Bonchev–Trinajstić information content (AvgIpc) is 3.42. The molecule has 0 aliphatic carbocycles. The van der Waals surface area contributed by atoms with Gasteiger partial charge in [-0.2, -0.15) is 0 Å². The van der Waals surface area contributed by atoms with Crippen molar-refractivity contribution in [2.24, 2.45) is 0 Å². The van der Waals surface area contributed by atoms with E-state index in [0.29, 0.717) is 0 Å². The zero-order valence-corrected chi connectivity index (χ0v) is 18.4. The Bertz CT molecular complexity index is 1970. The molecule has 0 bridgehead atoms. The summed E-state index contributed by atoms with van der Waals surface area (Å²) in [6, 6.07) is 44.1. The molecule has 158 valence electrons. The normalized spacial score (nSPS) is 12.1. The van der Waals surface area contributed by atoms with Crippen molar-refractivity contribution < 1.29 is 0 Å². The largest absolute Gasteiger partial charge is 0.293 e. The van der Waals surface area contributed by atoms with Crippen molar-refractivity contribution in [1.82, 2.24) is 8.80 Å². The number of para-hydroxylation sites is 4. The number of fused-ring (bicyclic) bond motifs is 13. The van der Waals surface area contributed by atoms with E-state index < -0.39 is 0 Å². The number of benzene rings is 5. The number of hydrogen-bond donors (Lipinski definition) is 0. The van der Waals surface area contributed by atoms with Crippen LogP contribution in [-0.2, 0) is 0 Å². The molecule has 0 amide bonds. The molecular weight excluding hydrogens is 412 g/mol. The summed E-state index contributed by atoms with van der Waals surface area (Å²) in [5.41, 5.74) is 6.10. The lowest BCUT2D eigenvalue weighted by molar-refractivity contribution is 1.27. The van der Waals surface area contributed by atoms with E-state index in [-0.39, 0.29) is 0 Å². The summed E-state index contributed by atoms with van der Waals surface area (Å²) in [5, 5.41) is 8.87. The predicted octanol–water partition coefficient (Wildman–Crippen LogP) is 8.52. The molecule has 8 aromatic rings. The van der Waals surface area contributed by atoms with Crippen LogP contribution in [0.5, 0.6) is 0 Å². The van der Waals surface area contributed by atoms with Crippen molar-refractivity contribution in [2.45, 2.75) is 0 Å². The van der Waals surface area contributed by atoms with Crippen LogP contribution in [0.25, 0.3) is 65.4 Å². The van der Waals surface area contributed by atoms with Gasteiger partial charge in [-0.1, -0.05) is 97.1 Å². The SMILES string of the molecule is c1ccc2c(c1)c1ccccc1c1c3ccccc3n3c4ccccc4n(c4ccccc24)c13. The van der Waals surface area contributed by atoms with E-state index in [4.69, 9.17) is 0 Å². The molecule has 34 heavy (non-hydrogen) atoms. The fourth-order valence-corrected chi connectivity index (χ4v) is 5.93. The first-order valence-electron chi connectivity index (χ1n) is 11.7. The fourth-order valence-electron chi connectivity index (χ4n) is 5.93. The Labute approximate surface area is 195 Å². The smallest absolute Gasteiger partial charge is 0.131 e. The maximum absolute atomic E-state index is 2.47. The first-order chi connectivity index (χ1) is 16.9. The molecule has 5 aromatic carbocycles. The molecule has 3 aromatic heterocycles. The molecule has 3 heterocycles. The van der Waals surface area contributed by atoms with E-state index in [1.807, 2.05) is 0 Å². The first-order valence-corrected chi connectivity index (χ1v) is 11.7. The van der Waals surface area contributed by atoms with E-state index in [1.165, 1.54) is 65.4 Å². The summed E-state index contributed by atoms with van der Waals surface area (Å²) >= 11 is 0. The second-order valence-electron chi connectivity index (χ2n) is 8.98. The second kappa shape index (κ2) is 6.49. The van der Waals surface area contributed by atoms with Gasteiger partial charge in [0.2, 0.25) is 0 Å². The van der Waals surface area contributed by atoms with Crippen molar-refractivity contribution in [1.29, 1.82) is 0 Å². The van der Waals surface area contributed by atoms with Crippen molar-refractivity contribution in [3.63, 3.8) is 0 Å². The van der Waals surface area contributed by atoms with Crippen LogP contribution >= 0.6 is 0 Å². The van der Waals surface area contributed by atoms with Crippen LogP contribution in [0.15, 0.2) is 121 Å². The molecule has 0 aliphatic heterocycles. The molecule has 0 aliphatic rings. The molecule has 0 fully saturated rings. The van der Waals surface area contributed by atoms with Crippen LogP contribution in [-0.4, -0.2) is 8.80 Å². The third-order valence-electron chi connectivity index (χ3n) is 7.27. The van der Waals surface area contributed by atoms with Gasteiger partial charge in [0, 0.05) is 16.2 Å². The van der Waals surface area contributed by atoms with Gasteiger partial charge < -0.3 is 0 Å². The lowest BCUT2D eigenvalue weighted by Crippen LogP contribution is -1.86. The molecule has 0 radical (unpaired) electrons. The van der Waals surface area contributed by atoms with Crippen LogP contribution in [0.3, 0.4) is 0 Å². The Kier molecular flexibility index (Phi) is 3.42. The monoisotopic (exact) mass is 432 g/mol. The van der Waals surface area contributed by atoms with E-state index in [1.54, 1.807) is 0 Å². The number of imidazole rings is 1. The minimum Gasteiger partial charge on any atom is -0.293 e.